The minimum Gasteiger partial charge on any atom is -0.382 e. The van der Waals surface area contributed by atoms with Crippen LogP contribution in [0.25, 0.3) is 0 Å². The van der Waals surface area contributed by atoms with Crippen molar-refractivity contribution in [1.82, 2.24) is 9.78 Å². The number of nitrogens with zero attached hydrogens (tertiary/aromatic N) is 3. The Bertz CT molecular complexity index is 759. The molecule has 0 atom stereocenters. The first-order chi connectivity index (χ1) is 10.3. The minimum atomic E-state index is -4.48. The van der Waals surface area contributed by atoms with Crippen LogP contribution in [-0.4, -0.2) is 21.9 Å². The Morgan fingerprint density at radius 2 is 1.95 bits per heavy atom. The monoisotopic (exact) mass is 326 g/mol. The molecule has 2 aromatic rings. The average Bonchev–Trinajstić information content (AvgIpc) is 2.81. The van der Waals surface area contributed by atoms with E-state index in [9.17, 15) is 18.0 Å². The number of thioether (sulfide) groups is 1. The van der Waals surface area contributed by atoms with Gasteiger partial charge >= 0.3 is 6.18 Å². The van der Waals surface area contributed by atoms with Gasteiger partial charge in [-0.25, -0.2) is 0 Å². The molecular weight excluding hydrogens is 317 g/mol. The number of nitrogens with two attached hydrogens (primary N) is 1. The van der Waals surface area contributed by atoms with Crippen molar-refractivity contribution in [3.8, 4) is 6.07 Å². The molecule has 0 amide bonds. The summed E-state index contributed by atoms with van der Waals surface area (Å²) >= 11 is 1.14. The molecule has 0 radical (unpaired) electrons. The number of nitrogen functional groups attached to an aromatic ring is 1. The topological polar surface area (TPSA) is 84.7 Å². The predicted molar refractivity (Wildman–Crippen MR) is 74.3 cm³/mol. The van der Waals surface area contributed by atoms with Crippen LogP contribution in [-0.2, 0) is 6.18 Å². The van der Waals surface area contributed by atoms with Gasteiger partial charge in [-0.3, -0.25) is 4.79 Å². The fourth-order valence-electron chi connectivity index (χ4n) is 1.74. The fourth-order valence-corrected chi connectivity index (χ4v) is 2.25. The normalized spacial score (nSPS) is 11.2. The van der Waals surface area contributed by atoms with Gasteiger partial charge in [-0.2, -0.15) is 28.2 Å². The van der Waals surface area contributed by atoms with Crippen molar-refractivity contribution in [3.05, 3.63) is 41.0 Å². The standard InChI is InChI=1S/C13H9F3N4OS/c1-22-11-9(6-17)10(18)20(19-11)12(21)7-2-4-8(5-3-7)13(14,15)16/h2-5H,18H2,1H3. The minimum absolute atomic E-state index is 0.0145. The fraction of sp³-hybridized carbons (Fsp3) is 0.154. The highest BCUT2D eigenvalue weighted by atomic mass is 32.2. The third-order valence-corrected chi connectivity index (χ3v) is 3.52. The molecule has 0 aliphatic carbocycles. The molecule has 0 aliphatic rings. The van der Waals surface area contributed by atoms with Crippen LogP contribution in [0.4, 0.5) is 19.0 Å². The highest BCUT2D eigenvalue weighted by Gasteiger charge is 2.30. The number of anilines is 1. The lowest BCUT2D eigenvalue weighted by Crippen LogP contribution is -2.16. The van der Waals surface area contributed by atoms with E-state index in [1.165, 1.54) is 0 Å². The number of hydrogen-bond acceptors (Lipinski definition) is 5. The van der Waals surface area contributed by atoms with Crippen LogP contribution >= 0.6 is 11.8 Å². The van der Waals surface area contributed by atoms with Crippen LogP contribution in [0.3, 0.4) is 0 Å². The van der Waals surface area contributed by atoms with Gasteiger partial charge in [0.2, 0.25) is 0 Å². The molecule has 0 spiro atoms. The van der Waals surface area contributed by atoms with Gasteiger partial charge in [0.1, 0.15) is 22.5 Å². The molecule has 114 valence electrons. The van der Waals surface area contributed by atoms with E-state index in [4.69, 9.17) is 11.0 Å². The molecule has 5 nitrogen and oxygen atoms in total. The molecule has 0 saturated carbocycles. The summed E-state index contributed by atoms with van der Waals surface area (Å²) in [5.41, 5.74) is 4.88. The average molecular weight is 326 g/mol. The number of alkyl halides is 3. The summed E-state index contributed by atoms with van der Waals surface area (Å²) in [6.45, 7) is 0. The molecule has 0 unspecified atom stereocenters. The maximum Gasteiger partial charge on any atom is 0.416 e. The number of nitriles is 1. The summed E-state index contributed by atoms with van der Waals surface area (Å²) in [5, 5.41) is 13.2. The third kappa shape index (κ3) is 2.78. The Morgan fingerprint density at radius 3 is 2.36 bits per heavy atom. The second-order valence-corrected chi connectivity index (χ2v) is 4.97. The van der Waals surface area contributed by atoms with E-state index in [2.05, 4.69) is 5.10 Å². The van der Waals surface area contributed by atoms with Crippen molar-refractivity contribution in [1.29, 1.82) is 5.26 Å². The van der Waals surface area contributed by atoms with Gasteiger partial charge < -0.3 is 5.73 Å². The van der Waals surface area contributed by atoms with Gasteiger partial charge in [0.05, 0.1) is 5.56 Å². The number of carbonyl (C=O) groups excluding carboxylic acids is 1. The van der Waals surface area contributed by atoms with Crippen LogP contribution in [0.5, 0.6) is 0 Å². The zero-order valence-electron chi connectivity index (χ0n) is 11.2. The van der Waals surface area contributed by atoms with E-state index in [1.54, 1.807) is 6.26 Å². The van der Waals surface area contributed by atoms with Crippen molar-refractivity contribution in [2.24, 2.45) is 0 Å². The van der Waals surface area contributed by atoms with Crippen molar-refractivity contribution >= 4 is 23.5 Å². The number of hydrogen-bond donors (Lipinski definition) is 1. The Balaban J connectivity index is 2.41. The van der Waals surface area contributed by atoms with Crippen LogP contribution in [0, 0.1) is 11.3 Å². The van der Waals surface area contributed by atoms with Gasteiger partial charge in [0, 0.05) is 5.56 Å². The second-order valence-electron chi connectivity index (χ2n) is 4.17. The lowest BCUT2D eigenvalue weighted by molar-refractivity contribution is -0.137. The van der Waals surface area contributed by atoms with Crippen molar-refractivity contribution in [2.75, 3.05) is 12.0 Å². The molecule has 0 aliphatic heterocycles. The number of carbonyl (C=O) groups is 1. The number of benzene rings is 1. The molecule has 0 bridgehead atoms. The summed E-state index contributed by atoms with van der Waals surface area (Å²) in [5.74, 6) is -0.847. The van der Waals surface area contributed by atoms with Gasteiger partial charge in [-0.05, 0) is 30.5 Å². The molecule has 22 heavy (non-hydrogen) atoms. The predicted octanol–water partition coefficient (Wildman–Crippen LogP) is 2.77. The van der Waals surface area contributed by atoms with Gasteiger partial charge in [-0.15, -0.1) is 11.8 Å². The largest absolute Gasteiger partial charge is 0.416 e. The molecule has 1 aromatic heterocycles. The Labute approximate surface area is 127 Å². The maximum atomic E-state index is 12.5. The van der Waals surface area contributed by atoms with Gasteiger partial charge in [-0.1, -0.05) is 0 Å². The summed E-state index contributed by atoms with van der Waals surface area (Å²) in [6.07, 6.45) is -2.82. The lowest BCUT2D eigenvalue weighted by atomic mass is 10.1. The Morgan fingerprint density at radius 1 is 1.36 bits per heavy atom. The van der Waals surface area contributed by atoms with Crippen LogP contribution < -0.4 is 5.73 Å². The maximum absolute atomic E-state index is 12.5. The van der Waals surface area contributed by atoms with E-state index in [0.29, 0.717) is 0 Å². The lowest BCUT2D eigenvalue weighted by Gasteiger charge is -2.07. The summed E-state index contributed by atoms with van der Waals surface area (Å²) in [6, 6.07) is 5.52. The van der Waals surface area contributed by atoms with E-state index < -0.39 is 17.6 Å². The number of rotatable bonds is 2. The highest BCUT2D eigenvalue weighted by molar-refractivity contribution is 7.98. The quantitative estimate of drug-likeness (QED) is 0.858. The van der Waals surface area contributed by atoms with E-state index >= 15 is 0 Å². The molecule has 1 heterocycles. The number of halogens is 3. The van der Waals surface area contributed by atoms with Gasteiger partial charge in [0.25, 0.3) is 5.91 Å². The molecular formula is C13H9F3N4OS. The molecule has 2 rings (SSSR count). The molecule has 2 N–H and O–H groups in total. The van der Waals surface area contributed by atoms with E-state index in [1.807, 2.05) is 6.07 Å². The van der Waals surface area contributed by atoms with Crippen LogP contribution in [0.2, 0.25) is 0 Å². The molecule has 1 aromatic carbocycles. The first kappa shape index (κ1) is 15.9. The molecule has 0 saturated heterocycles. The van der Waals surface area contributed by atoms with Crippen molar-refractivity contribution in [2.45, 2.75) is 11.2 Å². The Hall–Kier alpha value is -2.47. The van der Waals surface area contributed by atoms with Gasteiger partial charge in [0.15, 0.2) is 0 Å². The summed E-state index contributed by atoms with van der Waals surface area (Å²) in [7, 11) is 0. The molecule has 9 heteroatoms. The van der Waals surface area contributed by atoms with Crippen molar-refractivity contribution < 1.29 is 18.0 Å². The second kappa shape index (κ2) is 5.73. The molecule has 0 fully saturated rings. The van der Waals surface area contributed by atoms with Crippen LogP contribution in [0.15, 0.2) is 29.3 Å². The zero-order valence-corrected chi connectivity index (χ0v) is 12.0. The van der Waals surface area contributed by atoms with Crippen LogP contribution in [0.1, 0.15) is 21.5 Å². The smallest absolute Gasteiger partial charge is 0.382 e. The van der Waals surface area contributed by atoms with E-state index in [-0.39, 0.29) is 22.0 Å². The van der Waals surface area contributed by atoms with E-state index in [0.717, 1.165) is 40.7 Å². The first-order valence-electron chi connectivity index (χ1n) is 5.84. The summed E-state index contributed by atoms with van der Waals surface area (Å²) < 4.78 is 38.3. The first-order valence-corrected chi connectivity index (χ1v) is 7.06. The van der Waals surface area contributed by atoms with Crippen molar-refractivity contribution in [3.63, 3.8) is 0 Å². The third-order valence-electron chi connectivity index (χ3n) is 2.85. The SMILES string of the molecule is CSc1nn(C(=O)c2ccc(C(F)(F)F)cc2)c(N)c1C#N. The zero-order chi connectivity index (χ0) is 16.5. The summed E-state index contributed by atoms with van der Waals surface area (Å²) in [4.78, 5) is 12.2. The highest BCUT2D eigenvalue weighted by Crippen LogP contribution is 2.29. The number of aromatic nitrogens is 2. The Kier molecular flexibility index (Phi) is 4.14.